The first-order valence-corrected chi connectivity index (χ1v) is 7.28. The Labute approximate surface area is 127 Å². The monoisotopic (exact) mass is 287 g/mol. The van der Waals surface area contributed by atoms with E-state index in [4.69, 9.17) is 0 Å². The Kier molecular flexibility index (Phi) is 2.97. The number of nitrogens with zero attached hydrogens (tertiary/aromatic N) is 3. The molecule has 0 bridgehead atoms. The van der Waals surface area contributed by atoms with Crippen LogP contribution in [0.15, 0.2) is 47.4 Å². The van der Waals surface area contributed by atoms with Gasteiger partial charge in [-0.05, 0) is 42.7 Å². The minimum Gasteiger partial charge on any atom is -0.296 e. The van der Waals surface area contributed by atoms with E-state index in [1.165, 1.54) is 0 Å². The topological polar surface area (TPSA) is 47.8 Å². The molecular formula is C18H13N3O. The van der Waals surface area contributed by atoms with Gasteiger partial charge in [0.05, 0.1) is 10.9 Å². The number of benzene rings is 1. The predicted molar refractivity (Wildman–Crippen MR) is 84.5 cm³/mol. The fourth-order valence-electron chi connectivity index (χ4n) is 2.73. The number of hydrogen-bond acceptors (Lipinski definition) is 3. The number of hydrogen-bond donors (Lipinski definition) is 0. The molecule has 106 valence electrons. The Morgan fingerprint density at radius 1 is 1.14 bits per heavy atom. The van der Waals surface area contributed by atoms with Crippen LogP contribution in [0.3, 0.4) is 0 Å². The summed E-state index contributed by atoms with van der Waals surface area (Å²) < 4.78 is 1.78. The van der Waals surface area contributed by atoms with Crippen molar-refractivity contribution in [2.24, 2.45) is 0 Å². The highest BCUT2D eigenvalue weighted by molar-refractivity contribution is 5.79. The Morgan fingerprint density at radius 2 is 2.09 bits per heavy atom. The molecule has 0 aliphatic carbocycles. The van der Waals surface area contributed by atoms with Crippen molar-refractivity contribution in [3.8, 4) is 11.8 Å². The van der Waals surface area contributed by atoms with E-state index in [0.29, 0.717) is 5.39 Å². The summed E-state index contributed by atoms with van der Waals surface area (Å²) in [7, 11) is 0. The van der Waals surface area contributed by atoms with Gasteiger partial charge >= 0.3 is 0 Å². The standard InChI is InChI=1S/C18H13N3O/c22-18-15-9-7-13(6-8-14-4-1-2-10-19-14)12-16(15)20-17-5-3-11-21(17)18/h1-2,4,7,9-10,12H,3,5,11H2. The molecule has 0 fully saturated rings. The summed E-state index contributed by atoms with van der Waals surface area (Å²) in [4.78, 5) is 21.2. The van der Waals surface area contributed by atoms with Crippen molar-refractivity contribution in [2.75, 3.05) is 0 Å². The molecule has 3 aromatic rings. The molecule has 0 radical (unpaired) electrons. The number of aryl methyl sites for hydroxylation is 1. The van der Waals surface area contributed by atoms with Crippen LogP contribution in [0.4, 0.5) is 0 Å². The first-order valence-electron chi connectivity index (χ1n) is 7.28. The van der Waals surface area contributed by atoms with Crippen molar-refractivity contribution in [1.29, 1.82) is 0 Å². The molecule has 0 saturated carbocycles. The van der Waals surface area contributed by atoms with Crippen LogP contribution in [-0.4, -0.2) is 14.5 Å². The Balaban J connectivity index is 1.80. The molecule has 4 nitrogen and oxygen atoms in total. The number of aromatic nitrogens is 3. The average molecular weight is 287 g/mol. The van der Waals surface area contributed by atoms with E-state index in [9.17, 15) is 4.79 Å². The maximum atomic E-state index is 12.4. The van der Waals surface area contributed by atoms with Gasteiger partial charge in [-0.15, -0.1) is 0 Å². The van der Waals surface area contributed by atoms with Crippen molar-refractivity contribution in [3.05, 3.63) is 70.0 Å². The highest BCUT2D eigenvalue weighted by Gasteiger charge is 2.15. The highest BCUT2D eigenvalue weighted by Crippen LogP contribution is 2.15. The quantitative estimate of drug-likeness (QED) is 0.595. The van der Waals surface area contributed by atoms with Gasteiger partial charge in [0.1, 0.15) is 11.5 Å². The second-order valence-corrected chi connectivity index (χ2v) is 5.29. The fraction of sp³-hybridized carbons (Fsp3) is 0.167. The van der Waals surface area contributed by atoms with Crippen molar-refractivity contribution in [2.45, 2.75) is 19.4 Å². The van der Waals surface area contributed by atoms with Gasteiger partial charge in [0.25, 0.3) is 5.56 Å². The SMILES string of the molecule is O=c1c2ccc(C#Cc3ccccn3)cc2nc2n1CCC2. The summed E-state index contributed by atoms with van der Waals surface area (Å²) in [6, 6.07) is 11.2. The molecule has 0 amide bonds. The second kappa shape index (κ2) is 5.12. The summed E-state index contributed by atoms with van der Waals surface area (Å²) in [5.41, 5.74) is 2.35. The molecule has 1 aliphatic rings. The molecule has 4 rings (SSSR count). The Bertz CT molecular complexity index is 978. The third-order valence-electron chi connectivity index (χ3n) is 3.82. The summed E-state index contributed by atoms with van der Waals surface area (Å²) in [5, 5.41) is 0.661. The van der Waals surface area contributed by atoms with Gasteiger partial charge in [0.15, 0.2) is 0 Å². The van der Waals surface area contributed by atoms with Crippen LogP contribution in [0.25, 0.3) is 10.9 Å². The van der Waals surface area contributed by atoms with Crippen LogP contribution in [-0.2, 0) is 13.0 Å². The maximum absolute atomic E-state index is 12.4. The van der Waals surface area contributed by atoms with E-state index in [2.05, 4.69) is 21.8 Å². The van der Waals surface area contributed by atoms with E-state index in [1.807, 2.05) is 36.4 Å². The molecule has 0 atom stereocenters. The molecule has 0 spiro atoms. The van der Waals surface area contributed by atoms with Crippen LogP contribution < -0.4 is 5.56 Å². The van der Waals surface area contributed by atoms with Gasteiger partial charge in [-0.1, -0.05) is 12.0 Å². The van der Waals surface area contributed by atoms with E-state index < -0.39 is 0 Å². The van der Waals surface area contributed by atoms with Crippen molar-refractivity contribution < 1.29 is 0 Å². The lowest BCUT2D eigenvalue weighted by molar-refractivity contribution is 0.719. The zero-order chi connectivity index (χ0) is 14.9. The van der Waals surface area contributed by atoms with Crippen LogP contribution in [0.5, 0.6) is 0 Å². The van der Waals surface area contributed by atoms with Crippen LogP contribution in [0, 0.1) is 11.8 Å². The van der Waals surface area contributed by atoms with Crippen LogP contribution in [0.1, 0.15) is 23.5 Å². The number of pyridine rings is 1. The maximum Gasteiger partial charge on any atom is 0.261 e. The summed E-state index contributed by atoms with van der Waals surface area (Å²) in [6.45, 7) is 0.776. The lowest BCUT2D eigenvalue weighted by Crippen LogP contribution is -2.20. The van der Waals surface area contributed by atoms with Crippen LogP contribution >= 0.6 is 0 Å². The van der Waals surface area contributed by atoms with E-state index in [1.54, 1.807) is 10.8 Å². The first kappa shape index (κ1) is 12.8. The van der Waals surface area contributed by atoms with Gasteiger partial charge in [-0.25, -0.2) is 9.97 Å². The van der Waals surface area contributed by atoms with Gasteiger partial charge in [-0.3, -0.25) is 9.36 Å². The van der Waals surface area contributed by atoms with Crippen molar-refractivity contribution in [3.63, 3.8) is 0 Å². The Hall–Kier alpha value is -2.93. The minimum absolute atomic E-state index is 0.0572. The van der Waals surface area contributed by atoms with Gasteiger partial charge in [0, 0.05) is 24.7 Å². The molecule has 2 aromatic heterocycles. The third kappa shape index (κ3) is 2.17. The summed E-state index contributed by atoms with van der Waals surface area (Å²) in [5.74, 6) is 6.98. The third-order valence-corrected chi connectivity index (χ3v) is 3.82. The molecular weight excluding hydrogens is 274 g/mol. The van der Waals surface area contributed by atoms with Crippen LogP contribution in [0.2, 0.25) is 0 Å². The first-order chi connectivity index (χ1) is 10.8. The van der Waals surface area contributed by atoms with Gasteiger partial charge in [-0.2, -0.15) is 0 Å². The lowest BCUT2D eigenvalue weighted by atomic mass is 10.1. The molecule has 1 aromatic carbocycles. The smallest absolute Gasteiger partial charge is 0.261 e. The molecule has 3 heterocycles. The van der Waals surface area contributed by atoms with E-state index in [0.717, 1.165) is 42.0 Å². The normalized spacial score (nSPS) is 12.7. The molecule has 0 unspecified atom stereocenters. The minimum atomic E-state index is 0.0572. The van der Waals surface area contributed by atoms with E-state index in [-0.39, 0.29) is 5.56 Å². The lowest BCUT2D eigenvalue weighted by Gasteiger charge is -2.04. The second-order valence-electron chi connectivity index (χ2n) is 5.29. The molecule has 4 heteroatoms. The zero-order valence-electron chi connectivity index (χ0n) is 11.9. The average Bonchev–Trinajstić information content (AvgIpc) is 3.02. The highest BCUT2D eigenvalue weighted by atomic mass is 16.1. The molecule has 0 saturated heterocycles. The summed E-state index contributed by atoms with van der Waals surface area (Å²) in [6.07, 6.45) is 3.58. The fourth-order valence-corrected chi connectivity index (χ4v) is 2.73. The molecule has 22 heavy (non-hydrogen) atoms. The predicted octanol–water partition coefficient (Wildman–Crippen LogP) is 2.14. The van der Waals surface area contributed by atoms with Crippen molar-refractivity contribution >= 4 is 10.9 Å². The molecule has 1 aliphatic heterocycles. The van der Waals surface area contributed by atoms with Gasteiger partial charge in [0.2, 0.25) is 0 Å². The largest absolute Gasteiger partial charge is 0.296 e. The van der Waals surface area contributed by atoms with Crippen molar-refractivity contribution in [1.82, 2.24) is 14.5 Å². The van der Waals surface area contributed by atoms with Gasteiger partial charge < -0.3 is 0 Å². The Morgan fingerprint density at radius 3 is 2.95 bits per heavy atom. The number of fused-ring (bicyclic) bond motifs is 2. The number of rotatable bonds is 0. The molecule has 0 N–H and O–H groups in total. The zero-order valence-corrected chi connectivity index (χ0v) is 11.9. The summed E-state index contributed by atoms with van der Waals surface area (Å²) >= 11 is 0. The van der Waals surface area contributed by atoms with E-state index >= 15 is 0 Å².